The topological polar surface area (TPSA) is 46.6 Å². The molecule has 0 aromatic heterocycles. The number of carbonyl (C=O) groups is 2. The molecule has 1 heterocycles. The van der Waals surface area contributed by atoms with Crippen LogP contribution in [0.2, 0.25) is 0 Å². The number of esters is 1. The Morgan fingerprint density at radius 1 is 1.05 bits per heavy atom. The van der Waals surface area contributed by atoms with Gasteiger partial charge in [-0.05, 0) is 70.1 Å². The van der Waals surface area contributed by atoms with Gasteiger partial charge in [-0.1, -0.05) is 6.42 Å². The molecule has 0 radical (unpaired) electrons. The maximum absolute atomic E-state index is 12.3. The standard InChI is InChI=1S/C18H29NO3/c1-12-4-3-5-13(2)19(12)17(20)11-22-18(21)10-16-9-14-6-7-15(16)8-14/h12-16H,3-11H2,1-2H3/t12-,13+,14-,15+,16-/m0/s1. The number of piperidine rings is 1. The van der Waals surface area contributed by atoms with Crippen molar-refractivity contribution < 1.29 is 14.3 Å². The van der Waals surface area contributed by atoms with Gasteiger partial charge < -0.3 is 9.64 Å². The minimum Gasteiger partial charge on any atom is -0.456 e. The predicted octanol–water partition coefficient (Wildman–Crippen LogP) is 3.15. The first-order valence-corrected chi connectivity index (χ1v) is 9.01. The minimum atomic E-state index is -0.178. The van der Waals surface area contributed by atoms with Crippen molar-refractivity contribution in [2.24, 2.45) is 17.8 Å². The largest absolute Gasteiger partial charge is 0.456 e. The number of hydrogen-bond acceptors (Lipinski definition) is 3. The van der Waals surface area contributed by atoms with Crippen LogP contribution >= 0.6 is 0 Å². The van der Waals surface area contributed by atoms with Crippen molar-refractivity contribution in [3.8, 4) is 0 Å². The lowest BCUT2D eigenvalue weighted by atomic mass is 9.86. The van der Waals surface area contributed by atoms with Gasteiger partial charge in [-0.3, -0.25) is 9.59 Å². The van der Waals surface area contributed by atoms with Crippen molar-refractivity contribution in [3.05, 3.63) is 0 Å². The fraction of sp³-hybridized carbons (Fsp3) is 0.889. The van der Waals surface area contributed by atoms with Crippen LogP contribution in [0.15, 0.2) is 0 Å². The second kappa shape index (κ2) is 6.59. The van der Waals surface area contributed by atoms with Gasteiger partial charge in [0.15, 0.2) is 6.61 Å². The van der Waals surface area contributed by atoms with E-state index in [1.165, 1.54) is 32.1 Å². The van der Waals surface area contributed by atoms with Crippen LogP contribution in [-0.2, 0) is 14.3 Å². The molecule has 2 aliphatic carbocycles. The summed E-state index contributed by atoms with van der Waals surface area (Å²) in [7, 11) is 0. The molecule has 4 nitrogen and oxygen atoms in total. The zero-order valence-corrected chi connectivity index (χ0v) is 13.9. The van der Waals surface area contributed by atoms with Gasteiger partial charge in [-0.2, -0.15) is 0 Å². The van der Waals surface area contributed by atoms with Crippen molar-refractivity contribution in [1.29, 1.82) is 0 Å². The number of rotatable bonds is 4. The first-order valence-electron chi connectivity index (χ1n) is 9.01. The van der Waals surface area contributed by atoms with Crippen LogP contribution in [0.4, 0.5) is 0 Å². The quantitative estimate of drug-likeness (QED) is 0.750. The fourth-order valence-corrected chi connectivity index (χ4v) is 5.03. The molecule has 3 fully saturated rings. The average Bonchev–Trinajstić information content (AvgIpc) is 3.07. The van der Waals surface area contributed by atoms with Crippen molar-refractivity contribution >= 4 is 11.9 Å². The van der Waals surface area contributed by atoms with Gasteiger partial charge in [0.05, 0.1) is 0 Å². The Hall–Kier alpha value is -1.06. The Labute approximate surface area is 133 Å². The molecule has 5 atom stereocenters. The molecule has 124 valence electrons. The van der Waals surface area contributed by atoms with Crippen molar-refractivity contribution in [2.45, 2.75) is 77.3 Å². The molecular weight excluding hydrogens is 278 g/mol. The molecule has 3 rings (SSSR count). The normalized spacial score (nSPS) is 37.4. The number of hydrogen-bond donors (Lipinski definition) is 0. The summed E-state index contributed by atoms with van der Waals surface area (Å²) < 4.78 is 5.29. The first-order chi connectivity index (χ1) is 10.5. The van der Waals surface area contributed by atoms with Crippen LogP contribution in [0.5, 0.6) is 0 Å². The second-order valence-electron chi connectivity index (χ2n) is 7.73. The van der Waals surface area contributed by atoms with E-state index in [4.69, 9.17) is 4.74 Å². The Morgan fingerprint density at radius 3 is 2.36 bits per heavy atom. The van der Waals surface area contributed by atoms with Gasteiger partial charge in [0, 0.05) is 18.5 Å². The van der Waals surface area contributed by atoms with Crippen LogP contribution in [-0.4, -0.2) is 35.5 Å². The number of carbonyl (C=O) groups excluding carboxylic acids is 2. The van der Waals surface area contributed by atoms with Crippen molar-refractivity contribution in [3.63, 3.8) is 0 Å². The third-order valence-corrected chi connectivity index (χ3v) is 6.15. The molecule has 1 saturated heterocycles. The number of nitrogens with zero attached hydrogens (tertiary/aromatic N) is 1. The van der Waals surface area contributed by atoms with E-state index in [1.54, 1.807) is 0 Å². The fourth-order valence-electron chi connectivity index (χ4n) is 5.03. The Balaban J connectivity index is 1.43. The van der Waals surface area contributed by atoms with Crippen LogP contribution in [0.25, 0.3) is 0 Å². The zero-order chi connectivity index (χ0) is 15.7. The highest BCUT2D eigenvalue weighted by molar-refractivity contribution is 5.81. The summed E-state index contributed by atoms with van der Waals surface area (Å²) in [5.74, 6) is 1.88. The number of fused-ring (bicyclic) bond motifs is 2. The highest BCUT2D eigenvalue weighted by Gasteiger charge is 2.40. The van der Waals surface area contributed by atoms with E-state index in [0.717, 1.165) is 24.7 Å². The lowest BCUT2D eigenvalue weighted by Crippen LogP contribution is -2.49. The third kappa shape index (κ3) is 3.31. The Kier molecular flexibility index (Phi) is 4.74. The molecule has 1 aliphatic heterocycles. The minimum absolute atomic E-state index is 0.0269. The van der Waals surface area contributed by atoms with Gasteiger partial charge in [0.2, 0.25) is 0 Å². The van der Waals surface area contributed by atoms with Gasteiger partial charge in [0.25, 0.3) is 5.91 Å². The summed E-state index contributed by atoms with van der Waals surface area (Å²) in [5, 5.41) is 0. The maximum Gasteiger partial charge on any atom is 0.306 e. The summed E-state index contributed by atoms with van der Waals surface area (Å²) >= 11 is 0. The molecule has 0 aromatic rings. The Morgan fingerprint density at radius 2 is 1.77 bits per heavy atom. The predicted molar refractivity (Wildman–Crippen MR) is 84.1 cm³/mol. The van der Waals surface area contributed by atoms with E-state index in [2.05, 4.69) is 13.8 Å². The molecule has 0 aromatic carbocycles. The van der Waals surface area contributed by atoms with E-state index in [1.807, 2.05) is 4.90 Å². The number of ether oxygens (including phenoxy) is 1. The molecule has 1 amide bonds. The van der Waals surface area contributed by atoms with Gasteiger partial charge in [-0.15, -0.1) is 0 Å². The molecule has 0 spiro atoms. The SMILES string of the molecule is C[C@@H]1CCC[C@H](C)N1C(=O)COC(=O)C[C@@H]1C[C@H]2CC[C@@H]1C2. The molecule has 0 N–H and O–H groups in total. The number of amides is 1. The molecule has 22 heavy (non-hydrogen) atoms. The zero-order valence-electron chi connectivity index (χ0n) is 13.9. The van der Waals surface area contributed by atoms with Gasteiger partial charge >= 0.3 is 5.97 Å². The average molecular weight is 307 g/mol. The van der Waals surface area contributed by atoms with E-state index in [-0.39, 0.29) is 30.6 Å². The van der Waals surface area contributed by atoms with Gasteiger partial charge in [0.1, 0.15) is 0 Å². The lowest BCUT2D eigenvalue weighted by molar-refractivity contribution is -0.155. The van der Waals surface area contributed by atoms with E-state index in [0.29, 0.717) is 12.3 Å². The second-order valence-corrected chi connectivity index (χ2v) is 7.73. The monoisotopic (exact) mass is 307 g/mol. The van der Waals surface area contributed by atoms with Crippen molar-refractivity contribution in [2.75, 3.05) is 6.61 Å². The van der Waals surface area contributed by atoms with Crippen LogP contribution in [0.1, 0.15) is 65.2 Å². The molecule has 4 heteroatoms. The maximum atomic E-state index is 12.3. The van der Waals surface area contributed by atoms with Crippen molar-refractivity contribution in [1.82, 2.24) is 4.90 Å². The summed E-state index contributed by atoms with van der Waals surface area (Å²) in [6, 6.07) is 0.529. The Bertz CT molecular complexity index is 426. The van der Waals surface area contributed by atoms with E-state index < -0.39 is 0 Å². The first kappa shape index (κ1) is 15.8. The van der Waals surface area contributed by atoms with Gasteiger partial charge in [-0.25, -0.2) is 0 Å². The molecule has 2 saturated carbocycles. The molecule has 3 aliphatic rings. The van der Waals surface area contributed by atoms with E-state index in [9.17, 15) is 9.59 Å². The summed E-state index contributed by atoms with van der Waals surface area (Å²) in [4.78, 5) is 26.3. The van der Waals surface area contributed by atoms with E-state index >= 15 is 0 Å². The molecular formula is C18H29NO3. The molecule has 0 unspecified atom stereocenters. The van der Waals surface area contributed by atoms with Crippen LogP contribution in [0, 0.1) is 17.8 Å². The highest BCUT2D eigenvalue weighted by Crippen LogP contribution is 2.49. The summed E-state index contributed by atoms with van der Waals surface area (Å²) in [6.45, 7) is 4.10. The highest BCUT2D eigenvalue weighted by atomic mass is 16.5. The summed E-state index contributed by atoms with van der Waals surface area (Å²) in [6.07, 6.45) is 8.91. The smallest absolute Gasteiger partial charge is 0.306 e. The van der Waals surface area contributed by atoms with Crippen LogP contribution < -0.4 is 0 Å². The molecule has 2 bridgehead atoms. The third-order valence-electron chi connectivity index (χ3n) is 6.15. The van der Waals surface area contributed by atoms with Crippen LogP contribution in [0.3, 0.4) is 0 Å². The summed E-state index contributed by atoms with van der Waals surface area (Å²) in [5.41, 5.74) is 0. The lowest BCUT2D eigenvalue weighted by Gasteiger charge is -2.38. The number of likely N-dealkylation sites (tertiary alicyclic amines) is 1.